The number of rotatable bonds is 4. The second kappa shape index (κ2) is 10.3. The van der Waals surface area contributed by atoms with Crippen LogP contribution >= 0.6 is 11.3 Å². The summed E-state index contributed by atoms with van der Waals surface area (Å²) in [5.74, 6) is -0.423. The van der Waals surface area contributed by atoms with Crippen molar-refractivity contribution in [1.82, 2.24) is 9.88 Å². The van der Waals surface area contributed by atoms with Crippen LogP contribution in [0.25, 0.3) is 16.3 Å². The third-order valence-electron chi connectivity index (χ3n) is 6.52. The average Bonchev–Trinajstić information content (AvgIpc) is 3.40. The molecule has 8 nitrogen and oxygen atoms in total. The lowest BCUT2D eigenvalue weighted by Gasteiger charge is -2.35. The predicted molar refractivity (Wildman–Crippen MR) is 147 cm³/mol. The number of fused-ring (bicyclic) bond motifs is 2. The van der Waals surface area contributed by atoms with Crippen LogP contribution in [-0.2, 0) is 20.8 Å². The lowest BCUT2D eigenvalue weighted by atomic mass is 10.1. The molecule has 0 radical (unpaired) electrons. The molecule has 38 heavy (non-hydrogen) atoms. The number of ketones is 1. The zero-order valence-corrected chi connectivity index (χ0v) is 22.8. The molecule has 0 spiro atoms. The van der Waals surface area contributed by atoms with Crippen LogP contribution in [0.4, 0.5) is 10.5 Å². The summed E-state index contributed by atoms with van der Waals surface area (Å²) >= 11 is 1.45. The van der Waals surface area contributed by atoms with Gasteiger partial charge in [0.05, 0.1) is 21.6 Å². The molecule has 0 atom stereocenters. The van der Waals surface area contributed by atoms with Gasteiger partial charge in [0.1, 0.15) is 10.6 Å². The van der Waals surface area contributed by atoms with Crippen LogP contribution in [0, 0.1) is 0 Å². The molecule has 1 fully saturated rings. The van der Waals surface area contributed by atoms with Crippen LogP contribution in [0.15, 0.2) is 48.2 Å². The Balaban J connectivity index is 1.43. The molecule has 9 heteroatoms. The minimum atomic E-state index is -0.590. The summed E-state index contributed by atoms with van der Waals surface area (Å²) < 4.78 is 12.2. The van der Waals surface area contributed by atoms with Crippen LogP contribution < -0.4 is 4.90 Å². The van der Waals surface area contributed by atoms with E-state index in [9.17, 15) is 14.4 Å². The maximum Gasteiger partial charge on any atom is 0.410 e. The number of allylic oxidation sites excluding steroid dienone is 1. The number of nitrogens with zero attached hydrogens (tertiary/aromatic N) is 3. The molecule has 198 valence electrons. The van der Waals surface area contributed by atoms with Crippen LogP contribution in [-0.4, -0.2) is 52.5 Å². The number of amides is 2. The summed E-state index contributed by atoms with van der Waals surface area (Å²) in [6.45, 7) is 8.68. The van der Waals surface area contributed by atoms with Crippen molar-refractivity contribution in [3.63, 3.8) is 0 Å². The number of benzene rings is 2. The van der Waals surface area contributed by atoms with Gasteiger partial charge < -0.3 is 14.4 Å². The number of aromatic nitrogens is 1. The molecule has 0 saturated carbocycles. The third kappa shape index (κ3) is 5.35. The van der Waals surface area contributed by atoms with E-state index in [-0.39, 0.29) is 23.8 Å². The molecule has 0 N–H and O–H groups in total. The van der Waals surface area contributed by atoms with Gasteiger partial charge in [-0.1, -0.05) is 18.2 Å². The topological polar surface area (TPSA) is 89.0 Å². The highest BCUT2D eigenvalue weighted by Crippen LogP contribution is 2.36. The van der Waals surface area contributed by atoms with E-state index in [2.05, 4.69) is 0 Å². The number of carbonyl (C=O) groups is 3. The minimum Gasteiger partial charge on any atom is -0.444 e. The fourth-order valence-electron chi connectivity index (χ4n) is 4.82. The Morgan fingerprint density at radius 3 is 2.63 bits per heavy atom. The Morgan fingerprint density at radius 1 is 1.18 bits per heavy atom. The predicted octanol–water partition coefficient (Wildman–Crippen LogP) is 5.80. The van der Waals surface area contributed by atoms with Crippen molar-refractivity contribution in [3.8, 4) is 0 Å². The van der Waals surface area contributed by atoms with E-state index in [0.717, 1.165) is 28.6 Å². The number of carbonyl (C=O) groups excluding carboxylic acids is 3. The van der Waals surface area contributed by atoms with Gasteiger partial charge in [-0.15, -0.1) is 11.3 Å². The van der Waals surface area contributed by atoms with Gasteiger partial charge in [0.15, 0.2) is 0 Å². The van der Waals surface area contributed by atoms with Gasteiger partial charge in [-0.2, -0.15) is 0 Å². The highest BCUT2D eigenvalue weighted by Gasteiger charge is 2.35. The first kappa shape index (κ1) is 26.1. The van der Waals surface area contributed by atoms with Crippen molar-refractivity contribution in [3.05, 3.63) is 64.3 Å². The Kier molecular flexibility index (Phi) is 7.07. The summed E-state index contributed by atoms with van der Waals surface area (Å²) in [5.41, 5.74) is 2.52. The lowest BCUT2D eigenvalue weighted by molar-refractivity contribution is -0.116. The smallest absolute Gasteiger partial charge is 0.410 e. The van der Waals surface area contributed by atoms with Gasteiger partial charge in [0, 0.05) is 44.4 Å². The van der Waals surface area contributed by atoms with Gasteiger partial charge in [-0.25, -0.2) is 9.78 Å². The molecule has 3 aromatic rings. The zero-order valence-electron chi connectivity index (χ0n) is 22.0. The van der Waals surface area contributed by atoms with E-state index in [1.807, 2.05) is 45.0 Å². The number of thiazole rings is 1. The number of hydrogen-bond acceptors (Lipinski definition) is 7. The minimum absolute atomic E-state index is 0.0394. The highest BCUT2D eigenvalue weighted by atomic mass is 32.1. The average molecular weight is 534 g/mol. The molecule has 0 unspecified atom stereocenters. The van der Waals surface area contributed by atoms with E-state index in [0.29, 0.717) is 41.7 Å². The normalized spacial score (nSPS) is 17.2. The maximum atomic E-state index is 13.1. The molecule has 5 rings (SSSR count). The van der Waals surface area contributed by atoms with Gasteiger partial charge >= 0.3 is 6.09 Å². The van der Waals surface area contributed by atoms with Crippen molar-refractivity contribution in [2.45, 2.75) is 58.7 Å². The first-order valence-corrected chi connectivity index (χ1v) is 13.6. The summed E-state index contributed by atoms with van der Waals surface area (Å²) in [4.78, 5) is 46.6. The van der Waals surface area contributed by atoms with E-state index >= 15 is 0 Å². The molecule has 1 aromatic heterocycles. The highest BCUT2D eigenvalue weighted by molar-refractivity contribution is 7.19. The molecule has 3 heterocycles. The van der Waals surface area contributed by atoms with Crippen molar-refractivity contribution >= 4 is 51.1 Å². The number of para-hydroxylation sites is 1. The van der Waals surface area contributed by atoms with Crippen LogP contribution in [0.2, 0.25) is 0 Å². The Bertz CT molecular complexity index is 1430. The molecule has 2 aliphatic rings. The van der Waals surface area contributed by atoms with Gasteiger partial charge in [0.2, 0.25) is 11.7 Å². The maximum absolute atomic E-state index is 13.1. The van der Waals surface area contributed by atoms with Gasteiger partial charge in [-0.05, 0) is 63.4 Å². The standard InChI is InChI=1S/C29H31N3O5S/c1-18(33)32-23-8-6-5-7-21(23)27(34)24(32)16-26-30-22-15-19(9-10-25(22)38-26)17-31(20-11-13-36-14-12-20)28(35)37-29(2,3)4/h5-10,15-16,20H,11-14,17H2,1-4H3/b24-16-. The van der Waals surface area contributed by atoms with Gasteiger partial charge in [0.25, 0.3) is 0 Å². The van der Waals surface area contributed by atoms with Crippen LogP contribution in [0.5, 0.6) is 0 Å². The van der Waals surface area contributed by atoms with Crippen molar-refractivity contribution in [1.29, 1.82) is 0 Å². The van der Waals surface area contributed by atoms with E-state index < -0.39 is 5.60 Å². The molecule has 2 amide bonds. The van der Waals surface area contributed by atoms with E-state index in [4.69, 9.17) is 14.5 Å². The van der Waals surface area contributed by atoms with Crippen LogP contribution in [0.3, 0.4) is 0 Å². The first-order chi connectivity index (χ1) is 18.1. The molecule has 1 saturated heterocycles. The summed E-state index contributed by atoms with van der Waals surface area (Å²) in [6.07, 6.45) is 2.87. The molecular formula is C29H31N3O5S. The van der Waals surface area contributed by atoms with Crippen LogP contribution in [0.1, 0.15) is 61.5 Å². The molecular weight excluding hydrogens is 502 g/mol. The third-order valence-corrected chi connectivity index (χ3v) is 7.50. The molecule has 2 aliphatic heterocycles. The largest absolute Gasteiger partial charge is 0.444 e. The fourth-order valence-corrected chi connectivity index (χ4v) is 5.71. The Hall–Kier alpha value is -3.56. The zero-order chi connectivity index (χ0) is 27.0. The molecule has 0 aliphatic carbocycles. The summed E-state index contributed by atoms with van der Waals surface area (Å²) in [5, 5.41) is 0.632. The van der Waals surface area contributed by atoms with Crippen molar-refractivity contribution < 1.29 is 23.9 Å². The SMILES string of the molecule is CC(=O)N1/C(=C\c2nc3cc(CN(C(=O)OC(C)(C)C)C4CCOCC4)ccc3s2)C(=O)c2ccccc21. The summed E-state index contributed by atoms with van der Waals surface area (Å²) in [6, 6.07) is 13.1. The molecule has 2 aromatic carbocycles. The number of Topliss-reactive ketones (excluding diaryl/α,β-unsaturated/α-hetero) is 1. The van der Waals surface area contributed by atoms with E-state index in [1.165, 1.54) is 23.2 Å². The quantitative estimate of drug-likeness (QED) is 0.394. The van der Waals surface area contributed by atoms with E-state index in [1.54, 1.807) is 29.2 Å². The second-order valence-electron chi connectivity index (χ2n) is 10.5. The monoisotopic (exact) mass is 533 g/mol. The number of ether oxygens (including phenoxy) is 2. The lowest BCUT2D eigenvalue weighted by Crippen LogP contribution is -2.45. The molecule has 0 bridgehead atoms. The fraction of sp³-hybridized carbons (Fsp3) is 0.379. The Labute approximate surface area is 225 Å². The van der Waals surface area contributed by atoms with Crippen molar-refractivity contribution in [2.24, 2.45) is 0 Å². The first-order valence-electron chi connectivity index (χ1n) is 12.7. The van der Waals surface area contributed by atoms with Gasteiger partial charge in [-0.3, -0.25) is 14.5 Å². The van der Waals surface area contributed by atoms with Crippen molar-refractivity contribution in [2.75, 3.05) is 18.1 Å². The number of anilines is 1. The Morgan fingerprint density at radius 2 is 1.92 bits per heavy atom. The summed E-state index contributed by atoms with van der Waals surface area (Å²) in [7, 11) is 0. The second-order valence-corrected chi connectivity index (χ2v) is 11.6. The number of hydrogen-bond donors (Lipinski definition) is 0.